The fraction of sp³-hybridized carbons (Fsp3) is 0.385. The van der Waals surface area contributed by atoms with Crippen molar-refractivity contribution < 1.29 is 9.53 Å². The molecule has 0 bridgehead atoms. The zero-order chi connectivity index (χ0) is 24.1. The van der Waals surface area contributed by atoms with Crippen LogP contribution in [0.1, 0.15) is 36.9 Å². The first kappa shape index (κ1) is 24.3. The Labute approximate surface area is 206 Å². The summed E-state index contributed by atoms with van der Waals surface area (Å²) in [6.45, 7) is 7.24. The topological polar surface area (TPSA) is 71.4 Å². The van der Waals surface area contributed by atoms with Crippen molar-refractivity contribution in [3.05, 3.63) is 71.9 Å². The molecule has 1 saturated heterocycles. The number of urea groups is 1. The number of aromatic nitrogens is 2. The van der Waals surface area contributed by atoms with E-state index in [4.69, 9.17) is 9.84 Å². The van der Waals surface area contributed by atoms with Gasteiger partial charge in [-0.15, -0.1) is 12.6 Å². The SMILES string of the molecule is COCCN1C[C@@H](NC(=O)Nc2cc(C(C)C)nn2-c2ccccc2)[C@H](c2ccccc2S)C1. The Kier molecular flexibility index (Phi) is 7.92. The third kappa shape index (κ3) is 5.63. The minimum atomic E-state index is -0.243. The molecule has 0 spiro atoms. The van der Waals surface area contributed by atoms with Crippen molar-refractivity contribution in [3.8, 4) is 5.69 Å². The zero-order valence-electron chi connectivity index (χ0n) is 19.9. The number of carbonyl (C=O) groups is 1. The standard InChI is InChI=1S/C26H33N5O2S/c1-18(2)22-15-25(31(29-22)19-9-5-4-6-10-19)28-26(32)27-23-17-30(13-14-33-3)16-21(23)20-11-7-8-12-24(20)34/h4-12,15,18,21,23,34H,13-14,16-17H2,1-3H3,(H2,27,28,32)/t21-,23+/m0/s1. The molecule has 34 heavy (non-hydrogen) atoms. The van der Waals surface area contributed by atoms with E-state index in [-0.39, 0.29) is 23.9 Å². The summed E-state index contributed by atoms with van der Waals surface area (Å²) in [5.41, 5.74) is 2.97. The van der Waals surface area contributed by atoms with E-state index in [0.717, 1.165) is 41.5 Å². The molecular formula is C26H33N5O2S. The minimum absolute atomic E-state index is 0.0529. The maximum Gasteiger partial charge on any atom is 0.320 e. The smallest absolute Gasteiger partial charge is 0.320 e. The van der Waals surface area contributed by atoms with Gasteiger partial charge >= 0.3 is 6.03 Å². The second kappa shape index (κ2) is 11.1. The second-order valence-corrected chi connectivity index (χ2v) is 9.46. The van der Waals surface area contributed by atoms with Crippen LogP contribution in [0.2, 0.25) is 0 Å². The van der Waals surface area contributed by atoms with Gasteiger partial charge in [-0.25, -0.2) is 9.48 Å². The molecule has 2 atom stereocenters. The van der Waals surface area contributed by atoms with Gasteiger partial charge < -0.3 is 10.1 Å². The first-order valence-electron chi connectivity index (χ1n) is 11.7. The lowest BCUT2D eigenvalue weighted by atomic mass is 9.94. The molecule has 0 saturated carbocycles. The number of hydrogen-bond donors (Lipinski definition) is 3. The molecule has 1 fully saturated rings. The molecule has 0 aliphatic carbocycles. The lowest BCUT2D eigenvalue weighted by Gasteiger charge is -2.22. The number of hydrogen-bond acceptors (Lipinski definition) is 5. The predicted molar refractivity (Wildman–Crippen MR) is 138 cm³/mol. The second-order valence-electron chi connectivity index (χ2n) is 8.98. The molecule has 7 nitrogen and oxygen atoms in total. The molecule has 4 rings (SSSR count). The Morgan fingerprint density at radius 3 is 2.59 bits per heavy atom. The number of likely N-dealkylation sites (tertiary alicyclic amines) is 1. The number of nitrogens with zero attached hydrogens (tertiary/aromatic N) is 3. The fourth-order valence-electron chi connectivity index (χ4n) is 4.41. The number of thiol groups is 1. The summed E-state index contributed by atoms with van der Waals surface area (Å²) in [5.74, 6) is 1.03. The van der Waals surface area contributed by atoms with Gasteiger partial charge in [-0.05, 0) is 29.7 Å². The minimum Gasteiger partial charge on any atom is -0.383 e. The Bertz CT molecular complexity index is 1100. The van der Waals surface area contributed by atoms with Crippen LogP contribution in [0.5, 0.6) is 0 Å². The summed E-state index contributed by atoms with van der Waals surface area (Å²) in [6.07, 6.45) is 0. The van der Waals surface area contributed by atoms with Crippen LogP contribution in [0.3, 0.4) is 0 Å². The molecule has 2 aromatic carbocycles. The van der Waals surface area contributed by atoms with Crippen molar-refractivity contribution in [2.45, 2.75) is 36.6 Å². The highest BCUT2D eigenvalue weighted by molar-refractivity contribution is 7.80. The fourth-order valence-corrected chi connectivity index (χ4v) is 4.73. The highest BCUT2D eigenvalue weighted by Crippen LogP contribution is 2.32. The average Bonchev–Trinajstić information content (AvgIpc) is 3.43. The van der Waals surface area contributed by atoms with E-state index in [1.807, 2.05) is 54.6 Å². The largest absolute Gasteiger partial charge is 0.383 e. The summed E-state index contributed by atoms with van der Waals surface area (Å²) in [6, 6.07) is 19.6. The normalized spacial score (nSPS) is 18.4. The number of amides is 2. The lowest BCUT2D eigenvalue weighted by Crippen LogP contribution is -2.42. The molecule has 2 N–H and O–H groups in total. The summed E-state index contributed by atoms with van der Waals surface area (Å²) in [7, 11) is 1.71. The molecule has 3 aromatic rings. The monoisotopic (exact) mass is 479 g/mol. The number of carbonyl (C=O) groups excluding carboxylic acids is 1. The Morgan fingerprint density at radius 1 is 1.15 bits per heavy atom. The molecule has 180 valence electrons. The van der Waals surface area contributed by atoms with E-state index in [0.29, 0.717) is 12.4 Å². The van der Waals surface area contributed by atoms with E-state index in [1.54, 1.807) is 11.8 Å². The highest BCUT2D eigenvalue weighted by Gasteiger charge is 2.35. The summed E-state index contributed by atoms with van der Waals surface area (Å²) in [4.78, 5) is 16.5. The third-order valence-corrected chi connectivity index (χ3v) is 6.63. The Morgan fingerprint density at radius 2 is 1.88 bits per heavy atom. The van der Waals surface area contributed by atoms with Crippen LogP contribution in [-0.4, -0.2) is 60.1 Å². The zero-order valence-corrected chi connectivity index (χ0v) is 20.8. The number of anilines is 1. The van der Waals surface area contributed by atoms with Crippen LogP contribution in [-0.2, 0) is 4.74 Å². The van der Waals surface area contributed by atoms with Gasteiger partial charge in [0.05, 0.1) is 24.0 Å². The molecule has 1 aliphatic heterocycles. The third-order valence-electron chi connectivity index (χ3n) is 6.22. The summed E-state index contributed by atoms with van der Waals surface area (Å²) in [5, 5.41) is 11.0. The van der Waals surface area contributed by atoms with Crippen LogP contribution >= 0.6 is 12.6 Å². The van der Waals surface area contributed by atoms with Gasteiger partial charge in [-0.2, -0.15) is 5.10 Å². The molecule has 0 unspecified atom stereocenters. The van der Waals surface area contributed by atoms with Crippen LogP contribution in [0.25, 0.3) is 5.69 Å². The first-order chi connectivity index (χ1) is 16.5. The van der Waals surface area contributed by atoms with Crippen molar-refractivity contribution >= 4 is 24.5 Å². The van der Waals surface area contributed by atoms with Gasteiger partial charge in [0, 0.05) is 43.6 Å². The van der Waals surface area contributed by atoms with E-state index < -0.39 is 0 Å². The molecule has 2 heterocycles. The number of benzene rings is 2. The lowest BCUT2D eigenvalue weighted by molar-refractivity contribution is 0.159. The molecule has 8 heteroatoms. The van der Waals surface area contributed by atoms with Crippen molar-refractivity contribution in [2.24, 2.45) is 0 Å². The van der Waals surface area contributed by atoms with Crippen molar-refractivity contribution in [1.29, 1.82) is 0 Å². The molecular weight excluding hydrogens is 446 g/mol. The van der Waals surface area contributed by atoms with Crippen molar-refractivity contribution in [2.75, 3.05) is 38.7 Å². The summed E-state index contributed by atoms with van der Waals surface area (Å²) >= 11 is 4.68. The van der Waals surface area contributed by atoms with Gasteiger partial charge in [0.2, 0.25) is 0 Å². The predicted octanol–water partition coefficient (Wildman–Crippen LogP) is 4.52. The maximum atomic E-state index is 13.2. The molecule has 1 aromatic heterocycles. The van der Waals surface area contributed by atoms with E-state index in [1.165, 1.54) is 0 Å². The van der Waals surface area contributed by atoms with Crippen LogP contribution < -0.4 is 10.6 Å². The van der Waals surface area contributed by atoms with Crippen molar-refractivity contribution in [1.82, 2.24) is 20.0 Å². The van der Waals surface area contributed by atoms with Gasteiger partial charge in [-0.1, -0.05) is 50.2 Å². The quantitative estimate of drug-likeness (QED) is 0.416. The van der Waals surface area contributed by atoms with Gasteiger partial charge in [0.25, 0.3) is 0 Å². The molecule has 0 radical (unpaired) electrons. The van der Waals surface area contributed by atoms with Gasteiger partial charge in [0.1, 0.15) is 5.82 Å². The Hall–Kier alpha value is -2.81. The van der Waals surface area contributed by atoms with E-state index >= 15 is 0 Å². The van der Waals surface area contributed by atoms with Crippen LogP contribution in [0.4, 0.5) is 10.6 Å². The van der Waals surface area contributed by atoms with Crippen LogP contribution in [0.15, 0.2) is 65.6 Å². The average molecular weight is 480 g/mol. The van der Waals surface area contributed by atoms with Crippen molar-refractivity contribution in [3.63, 3.8) is 0 Å². The number of para-hydroxylation sites is 1. The maximum absolute atomic E-state index is 13.2. The Balaban J connectivity index is 1.53. The number of nitrogens with one attached hydrogen (secondary N) is 2. The van der Waals surface area contributed by atoms with Gasteiger partial charge in [0.15, 0.2) is 0 Å². The van der Waals surface area contributed by atoms with E-state index in [2.05, 4.69) is 48.1 Å². The first-order valence-corrected chi connectivity index (χ1v) is 12.1. The number of methoxy groups -OCH3 is 1. The number of rotatable bonds is 8. The molecule has 2 amide bonds. The molecule has 1 aliphatic rings. The van der Waals surface area contributed by atoms with E-state index in [9.17, 15) is 4.79 Å². The number of ether oxygens (including phenoxy) is 1. The van der Waals surface area contributed by atoms with Crippen LogP contribution in [0, 0.1) is 0 Å². The van der Waals surface area contributed by atoms with Gasteiger partial charge in [-0.3, -0.25) is 10.2 Å². The highest BCUT2D eigenvalue weighted by atomic mass is 32.1. The summed E-state index contributed by atoms with van der Waals surface area (Å²) < 4.78 is 7.06.